The molecular formula is C22H31IN4OS. The van der Waals surface area contributed by atoms with E-state index >= 15 is 0 Å². The lowest BCUT2D eigenvalue weighted by molar-refractivity contribution is 0.468. The van der Waals surface area contributed by atoms with Gasteiger partial charge in [0.1, 0.15) is 0 Å². The minimum Gasteiger partial charge on any atom is -0.369 e. The van der Waals surface area contributed by atoms with Crippen LogP contribution in [-0.2, 0) is 16.6 Å². The molecule has 0 saturated carbocycles. The maximum atomic E-state index is 12.3. The van der Waals surface area contributed by atoms with Crippen LogP contribution >= 0.6 is 24.0 Å². The predicted molar refractivity (Wildman–Crippen MR) is 135 cm³/mol. The minimum absolute atomic E-state index is 0. The van der Waals surface area contributed by atoms with E-state index in [1.54, 1.807) is 7.05 Å². The standard InChI is InChI=1S/C22H30N4OS.HI/c1-23-22(24-14-16-28(27)18-19-9-4-2-5-10-19)25-20-11-8-15-26(17-20)21-12-6-3-7-13-21;/h2-7,9-10,12-13,20H,8,11,14-18H2,1H3,(H2,23,24,25);1H. The Kier molecular flexibility index (Phi) is 10.5. The Morgan fingerprint density at radius 1 is 1.14 bits per heavy atom. The first-order valence-electron chi connectivity index (χ1n) is 9.90. The maximum absolute atomic E-state index is 12.3. The van der Waals surface area contributed by atoms with E-state index < -0.39 is 10.8 Å². The van der Waals surface area contributed by atoms with Crippen molar-refractivity contribution in [3.63, 3.8) is 0 Å². The largest absolute Gasteiger partial charge is 0.369 e. The van der Waals surface area contributed by atoms with Crippen LogP contribution in [0.15, 0.2) is 65.7 Å². The van der Waals surface area contributed by atoms with Crippen LogP contribution in [0.5, 0.6) is 0 Å². The second-order valence-corrected chi connectivity index (χ2v) is 8.61. The molecule has 2 N–H and O–H groups in total. The molecular weight excluding hydrogens is 495 g/mol. The summed E-state index contributed by atoms with van der Waals surface area (Å²) >= 11 is 0. The highest BCUT2D eigenvalue weighted by molar-refractivity contribution is 14.0. The van der Waals surface area contributed by atoms with Crippen molar-refractivity contribution >= 4 is 46.4 Å². The third-order valence-electron chi connectivity index (χ3n) is 4.90. The average molecular weight is 526 g/mol. The SMILES string of the molecule is CN=C(NCCS(=O)Cc1ccccc1)NC1CCCN(c2ccccc2)C1.I. The number of anilines is 1. The molecule has 1 aliphatic rings. The number of guanidine groups is 1. The van der Waals surface area contributed by atoms with Gasteiger partial charge in [0.25, 0.3) is 0 Å². The Morgan fingerprint density at radius 3 is 2.52 bits per heavy atom. The van der Waals surface area contributed by atoms with Crippen molar-refractivity contribution in [3.8, 4) is 0 Å². The normalized spacial score (nSPS) is 17.9. The van der Waals surface area contributed by atoms with Crippen LogP contribution in [0.4, 0.5) is 5.69 Å². The fourth-order valence-electron chi connectivity index (χ4n) is 3.47. The lowest BCUT2D eigenvalue weighted by atomic mass is 10.1. The molecule has 2 aromatic carbocycles. The molecule has 0 amide bonds. The number of para-hydroxylation sites is 1. The summed E-state index contributed by atoms with van der Waals surface area (Å²) in [6, 6.07) is 20.9. The van der Waals surface area contributed by atoms with Crippen LogP contribution in [0.2, 0.25) is 0 Å². The van der Waals surface area contributed by atoms with Crippen LogP contribution in [0.3, 0.4) is 0 Å². The minimum atomic E-state index is -0.880. The van der Waals surface area contributed by atoms with Gasteiger partial charge in [0.15, 0.2) is 5.96 Å². The molecule has 2 aromatic rings. The Balaban J connectivity index is 0.00000300. The summed E-state index contributed by atoms with van der Waals surface area (Å²) in [7, 11) is 0.906. The number of piperidine rings is 1. The van der Waals surface area contributed by atoms with E-state index in [1.807, 2.05) is 30.3 Å². The van der Waals surface area contributed by atoms with Crippen molar-refractivity contribution in [2.45, 2.75) is 24.6 Å². The molecule has 1 heterocycles. The number of benzene rings is 2. The van der Waals surface area contributed by atoms with Gasteiger partial charge in [-0.3, -0.25) is 9.20 Å². The lowest BCUT2D eigenvalue weighted by Crippen LogP contribution is -2.51. The fraction of sp³-hybridized carbons (Fsp3) is 0.409. The first-order valence-corrected chi connectivity index (χ1v) is 11.4. The first-order chi connectivity index (χ1) is 13.7. The van der Waals surface area contributed by atoms with Gasteiger partial charge in [-0.1, -0.05) is 48.5 Å². The van der Waals surface area contributed by atoms with Gasteiger partial charge in [-0.25, -0.2) is 0 Å². The average Bonchev–Trinajstić information content (AvgIpc) is 2.74. The smallest absolute Gasteiger partial charge is 0.191 e. The zero-order valence-electron chi connectivity index (χ0n) is 16.9. The number of hydrogen-bond acceptors (Lipinski definition) is 3. The van der Waals surface area contributed by atoms with E-state index in [-0.39, 0.29) is 24.0 Å². The van der Waals surface area contributed by atoms with Crippen LogP contribution in [-0.4, -0.2) is 48.6 Å². The van der Waals surface area contributed by atoms with Crippen molar-refractivity contribution < 1.29 is 4.21 Å². The van der Waals surface area contributed by atoms with Gasteiger partial charge in [-0.15, -0.1) is 24.0 Å². The van der Waals surface area contributed by atoms with E-state index in [9.17, 15) is 4.21 Å². The summed E-state index contributed by atoms with van der Waals surface area (Å²) in [6.07, 6.45) is 2.29. The van der Waals surface area contributed by atoms with E-state index in [0.29, 0.717) is 24.1 Å². The van der Waals surface area contributed by atoms with Gasteiger partial charge in [0.05, 0.1) is 0 Å². The molecule has 0 aliphatic carbocycles. The summed E-state index contributed by atoms with van der Waals surface area (Å²) in [5.74, 6) is 2.00. The number of halogens is 1. The van der Waals surface area contributed by atoms with Crippen molar-refractivity contribution in [2.24, 2.45) is 4.99 Å². The van der Waals surface area contributed by atoms with Crippen molar-refractivity contribution in [3.05, 3.63) is 66.2 Å². The molecule has 2 unspecified atom stereocenters. The van der Waals surface area contributed by atoms with E-state index in [2.05, 4.69) is 50.9 Å². The lowest BCUT2D eigenvalue weighted by Gasteiger charge is -2.35. The Hall–Kier alpha value is -1.61. The molecule has 1 fully saturated rings. The second kappa shape index (κ2) is 12.8. The van der Waals surface area contributed by atoms with E-state index in [1.165, 1.54) is 5.69 Å². The highest BCUT2D eigenvalue weighted by atomic mass is 127. The van der Waals surface area contributed by atoms with Crippen LogP contribution in [0.25, 0.3) is 0 Å². The molecule has 2 atom stereocenters. The van der Waals surface area contributed by atoms with Gasteiger partial charge in [-0.05, 0) is 30.5 Å². The maximum Gasteiger partial charge on any atom is 0.191 e. The predicted octanol–water partition coefficient (Wildman–Crippen LogP) is 3.39. The number of hydrogen-bond donors (Lipinski definition) is 2. The molecule has 1 aliphatic heterocycles. The summed E-state index contributed by atoms with van der Waals surface area (Å²) in [5, 5.41) is 6.84. The fourth-order valence-corrected chi connectivity index (χ4v) is 4.51. The molecule has 7 heteroatoms. The summed E-state index contributed by atoms with van der Waals surface area (Å²) in [4.78, 5) is 6.76. The van der Waals surface area contributed by atoms with E-state index in [0.717, 1.165) is 37.5 Å². The molecule has 0 bridgehead atoms. The van der Waals surface area contributed by atoms with Gasteiger partial charge in [0.2, 0.25) is 0 Å². The number of aliphatic imine (C=N–C) groups is 1. The molecule has 0 aromatic heterocycles. The van der Waals surface area contributed by atoms with Crippen molar-refractivity contribution in [1.29, 1.82) is 0 Å². The molecule has 29 heavy (non-hydrogen) atoms. The molecule has 5 nitrogen and oxygen atoms in total. The van der Waals surface area contributed by atoms with Gasteiger partial charge < -0.3 is 15.5 Å². The molecule has 1 saturated heterocycles. The van der Waals surface area contributed by atoms with Crippen molar-refractivity contribution in [1.82, 2.24) is 10.6 Å². The highest BCUT2D eigenvalue weighted by Crippen LogP contribution is 2.19. The highest BCUT2D eigenvalue weighted by Gasteiger charge is 2.20. The Labute approximate surface area is 193 Å². The Morgan fingerprint density at radius 2 is 1.83 bits per heavy atom. The summed E-state index contributed by atoms with van der Waals surface area (Å²) < 4.78 is 12.3. The Bertz CT molecular complexity index is 773. The van der Waals surface area contributed by atoms with Crippen LogP contribution in [0, 0.1) is 0 Å². The van der Waals surface area contributed by atoms with Gasteiger partial charge in [-0.2, -0.15) is 0 Å². The molecule has 0 radical (unpaired) electrons. The quantitative estimate of drug-likeness (QED) is 0.330. The van der Waals surface area contributed by atoms with Gasteiger partial charge in [0, 0.05) is 60.7 Å². The van der Waals surface area contributed by atoms with Crippen LogP contribution < -0.4 is 15.5 Å². The number of rotatable bonds is 7. The number of nitrogens with zero attached hydrogens (tertiary/aromatic N) is 2. The van der Waals surface area contributed by atoms with Crippen molar-refractivity contribution in [2.75, 3.05) is 37.3 Å². The monoisotopic (exact) mass is 526 g/mol. The zero-order valence-corrected chi connectivity index (χ0v) is 20.1. The first kappa shape index (κ1) is 23.7. The van der Waals surface area contributed by atoms with Gasteiger partial charge >= 0.3 is 0 Å². The third-order valence-corrected chi connectivity index (χ3v) is 6.21. The molecule has 158 valence electrons. The second-order valence-electron chi connectivity index (χ2n) is 7.04. The molecule has 0 spiro atoms. The third kappa shape index (κ3) is 7.97. The van der Waals surface area contributed by atoms with Crippen LogP contribution in [0.1, 0.15) is 18.4 Å². The zero-order chi connectivity index (χ0) is 19.6. The summed E-state index contributed by atoms with van der Waals surface area (Å²) in [5.41, 5.74) is 2.39. The van der Waals surface area contributed by atoms with E-state index in [4.69, 9.17) is 0 Å². The topological polar surface area (TPSA) is 56.7 Å². The number of nitrogens with one attached hydrogen (secondary N) is 2. The summed E-state index contributed by atoms with van der Waals surface area (Å²) in [6.45, 7) is 2.70. The molecule has 3 rings (SSSR count).